The van der Waals surface area contributed by atoms with Gasteiger partial charge in [-0.1, -0.05) is 12.1 Å². The smallest absolute Gasteiger partial charge is 0.339 e. The SMILES string of the molecule is COC(=O)c1ccc(-c2ccc(C(=O)OC)c(C(=O)OC)c2C(=O)OC)c(C(=O)OC)c1C(=O)OC. The van der Waals surface area contributed by atoms with E-state index < -0.39 is 58.1 Å². The highest BCUT2D eigenvalue weighted by atomic mass is 16.5. The average Bonchev–Trinajstić information content (AvgIpc) is 2.92. The second-order valence-corrected chi connectivity index (χ2v) is 6.77. The monoisotopic (exact) mass is 502 g/mol. The van der Waals surface area contributed by atoms with Gasteiger partial charge in [0.15, 0.2) is 0 Å². The average molecular weight is 502 g/mol. The molecule has 0 fully saturated rings. The summed E-state index contributed by atoms with van der Waals surface area (Å²) in [5.74, 6) is -6.26. The van der Waals surface area contributed by atoms with Crippen LogP contribution in [0.5, 0.6) is 0 Å². The number of rotatable bonds is 7. The maximum Gasteiger partial charge on any atom is 0.339 e. The molecule has 0 saturated carbocycles. The van der Waals surface area contributed by atoms with Crippen molar-refractivity contribution in [3.05, 3.63) is 57.6 Å². The van der Waals surface area contributed by atoms with Crippen LogP contribution in [0.3, 0.4) is 0 Å². The molecule has 0 radical (unpaired) electrons. The van der Waals surface area contributed by atoms with E-state index in [4.69, 9.17) is 28.4 Å². The van der Waals surface area contributed by atoms with E-state index in [1.54, 1.807) is 0 Å². The van der Waals surface area contributed by atoms with E-state index in [1.165, 1.54) is 12.1 Å². The Morgan fingerprint density at radius 1 is 0.389 bits per heavy atom. The summed E-state index contributed by atoms with van der Waals surface area (Å²) < 4.78 is 28.6. The van der Waals surface area contributed by atoms with Crippen LogP contribution < -0.4 is 0 Å². The zero-order valence-electron chi connectivity index (χ0n) is 20.2. The quantitative estimate of drug-likeness (QED) is 0.401. The van der Waals surface area contributed by atoms with E-state index in [0.29, 0.717) is 0 Å². The predicted molar refractivity (Wildman–Crippen MR) is 120 cm³/mol. The second-order valence-electron chi connectivity index (χ2n) is 6.77. The third kappa shape index (κ3) is 4.87. The number of carbonyl (C=O) groups is 6. The lowest BCUT2D eigenvalue weighted by atomic mass is 9.86. The molecule has 2 aromatic rings. The lowest BCUT2D eigenvalue weighted by molar-refractivity contribution is 0.0533. The van der Waals surface area contributed by atoms with Crippen molar-refractivity contribution < 1.29 is 57.2 Å². The number of carbonyl (C=O) groups excluding carboxylic acids is 6. The van der Waals surface area contributed by atoms with Gasteiger partial charge in [-0.2, -0.15) is 0 Å². The van der Waals surface area contributed by atoms with Crippen LogP contribution >= 0.6 is 0 Å². The van der Waals surface area contributed by atoms with Gasteiger partial charge in [-0.05, 0) is 23.3 Å². The molecule has 0 bridgehead atoms. The zero-order chi connectivity index (χ0) is 27.2. The summed E-state index contributed by atoms with van der Waals surface area (Å²) in [6.07, 6.45) is 0. The van der Waals surface area contributed by atoms with Crippen molar-refractivity contribution in [2.45, 2.75) is 0 Å². The molecular formula is C24H22O12. The van der Waals surface area contributed by atoms with Gasteiger partial charge in [-0.25, -0.2) is 28.8 Å². The topological polar surface area (TPSA) is 158 Å². The fourth-order valence-electron chi connectivity index (χ4n) is 3.47. The van der Waals surface area contributed by atoms with Crippen LogP contribution in [0.15, 0.2) is 24.3 Å². The minimum absolute atomic E-state index is 0.128. The number of methoxy groups -OCH3 is 6. The Kier molecular flexibility index (Phi) is 8.86. The molecular weight excluding hydrogens is 480 g/mol. The molecule has 2 aromatic carbocycles. The van der Waals surface area contributed by atoms with Crippen LogP contribution in [-0.4, -0.2) is 78.5 Å². The largest absolute Gasteiger partial charge is 0.465 e. The number of esters is 6. The molecule has 36 heavy (non-hydrogen) atoms. The van der Waals surface area contributed by atoms with Gasteiger partial charge in [-0.15, -0.1) is 0 Å². The first-order chi connectivity index (χ1) is 17.1. The van der Waals surface area contributed by atoms with Crippen LogP contribution in [0.4, 0.5) is 0 Å². The van der Waals surface area contributed by atoms with Crippen molar-refractivity contribution in [1.82, 2.24) is 0 Å². The van der Waals surface area contributed by atoms with Crippen LogP contribution in [0, 0.1) is 0 Å². The predicted octanol–water partition coefficient (Wildman–Crippen LogP) is 2.07. The third-order valence-electron chi connectivity index (χ3n) is 5.07. The summed E-state index contributed by atoms with van der Waals surface area (Å²) in [4.78, 5) is 75.9. The molecule has 0 unspecified atom stereocenters. The Labute approximate surface area is 205 Å². The highest BCUT2D eigenvalue weighted by Crippen LogP contribution is 2.36. The van der Waals surface area contributed by atoms with E-state index in [-0.39, 0.29) is 22.3 Å². The fourth-order valence-corrected chi connectivity index (χ4v) is 3.47. The highest BCUT2D eigenvalue weighted by Gasteiger charge is 2.34. The minimum atomic E-state index is -1.09. The molecule has 0 aliphatic heterocycles. The van der Waals surface area contributed by atoms with E-state index in [1.807, 2.05) is 0 Å². The fraction of sp³-hybridized carbons (Fsp3) is 0.250. The Morgan fingerprint density at radius 3 is 0.889 bits per heavy atom. The normalized spacial score (nSPS) is 10.1. The van der Waals surface area contributed by atoms with Gasteiger partial charge in [-0.3, -0.25) is 0 Å². The molecule has 0 atom stereocenters. The van der Waals surface area contributed by atoms with Crippen LogP contribution in [0.25, 0.3) is 11.1 Å². The lowest BCUT2D eigenvalue weighted by Gasteiger charge is -2.19. The van der Waals surface area contributed by atoms with Gasteiger partial charge in [0.05, 0.1) is 76.0 Å². The molecule has 0 spiro atoms. The summed E-state index contributed by atoms with van der Waals surface area (Å²) in [5.41, 5.74) is -2.88. The Bertz CT molecular complexity index is 1160. The van der Waals surface area contributed by atoms with Crippen molar-refractivity contribution in [2.24, 2.45) is 0 Å². The summed E-state index contributed by atoms with van der Waals surface area (Å²) in [5, 5.41) is 0. The summed E-state index contributed by atoms with van der Waals surface area (Å²) in [6.45, 7) is 0. The molecule has 0 heterocycles. The molecule has 0 amide bonds. The molecule has 0 aliphatic carbocycles. The molecule has 12 heteroatoms. The standard InChI is InChI=1S/C24H22O12/c1-31-19(25)13-9-7-11(15(21(27)33-3)17(13)23(29)35-5)12-8-10-14(20(26)32-2)18(24(30)36-6)16(12)22(28)34-4/h7-10H,1-6H3. The Hall–Kier alpha value is -4.74. The first kappa shape index (κ1) is 27.5. The van der Waals surface area contributed by atoms with Crippen LogP contribution in [0.1, 0.15) is 62.1 Å². The van der Waals surface area contributed by atoms with Crippen molar-refractivity contribution in [2.75, 3.05) is 42.7 Å². The molecule has 0 aliphatic rings. The number of hydrogen-bond acceptors (Lipinski definition) is 12. The molecule has 0 aromatic heterocycles. The van der Waals surface area contributed by atoms with Crippen LogP contribution in [0.2, 0.25) is 0 Å². The van der Waals surface area contributed by atoms with Crippen molar-refractivity contribution in [1.29, 1.82) is 0 Å². The van der Waals surface area contributed by atoms with Crippen molar-refractivity contribution >= 4 is 35.8 Å². The molecule has 0 saturated heterocycles. The second kappa shape index (κ2) is 11.6. The van der Waals surface area contributed by atoms with E-state index >= 15 is 0 Å². The van der Waals surface area contributed by atoms with Gasteiger partial charge in [0.2, 0.25) is 0 Å². The van der Waals surface area contributed by atoms with Gasteiger partial charge in [0.25, 0.3) is 0 Å². The molecule has 0 N–H and O–H groups in total. The number of benzene rings is 2. The molecule has 12 nitrogen and oxygen atoms in total. The van der Waals surface area contributed by atoms with E-state index in [0.717, 1.165) is 54.8 Å². The van der Waals surface area contributed by atoms with E-state index in [9.17, 15) is 28.8 Å². The minimum Gasteiger partial charge on any atom is -0.465 e. The summed E-state index contributed by atoms with van der Waals surface area (Å²) in [6, 6.07) is 4.77. The summed E-state index contributed by atoms with van der Waals surface area (Å²) >= 11 is 0. The Morgan fingerprint density at radius 2 is 0.639 bits per heavy atom. The first-order valence-corrected chi connectivity index (χ1v) is 9.97. The lowest BCUT2D eigenvalue weighted by Crippen LogP contribution is -2.21. The van der Waals surface area contributed by atoms with E-state index in [2.05, 4.69) is 0 Å². The van der Waals surface area contributed by atoms with Gasteiger partial charge in [0.1, 0.15) is 0 Å². The van der Waals surface area contributed by atoms with Crippen molar-refractivity contribution in [3.63, 3.8) is 0 Å². The maximum absolute atomic E-state index is 12.9. The highest BCUT2D eigenvalue weighted by molar-refractivity contribution is 6.17. The van der Waals surface area contributed by atoms with Crippen molar-refractivity contribution in [3.8, 4) is 11.1 Å². The van der Waals surface area contributed by atoms with Gasteiger partial charge < -0.3 is 28.4 Å². The summed E-state index contributed by atoms with van der Waals surface area (Å²) in [7, 11) is 6.24. The van der Waals surface area contributed by atoms with Gasteiger partial charge >= 0.3 is 35.8 Å². The van der Waals surface area contributed by atoms with Crippen LogP contribution in [-0.2, 0) is 28.4 Å². The Balaban J connectivity index is 3.19. The van der Waals surface area contributed by atoms with Gasteiger partial charge in [0, 0.05) is 0 Å². The molecule has 190 valence electrons. The number of hydrogen-bond donors (Lipinski definition) is 0. The first-order valence-electron chi connectivity index (χ1n) is 9.97. The number of ether oxygens (including phenoxy) is 6. The molecule has 2 rings (SSSR count). The third-order valence-corrected chi connectivity index (χ3v) is 5.07. The maximum atomic E-state index is 12.9. The zero-order valence-corrected chi connectivity index (χ0v) is 20.2.